The number of carbonyl (C=O) groups excluding carboxylic acids is 5. The molecule has 2 aliphatic rings. The molecular formula is C37H70N2O32. The zero-order chi connectivity index (χ0) is 56.4. The summed E-state index contributed by atoms with van der Waals surface area (Å²) in [6.45, 7) is 0.664. The largest absolute Gasteiger partial charge is 0.477 e. The van der Waals surface area contributed by atoms with Crippen molar-refractivity contribution in [2.75, 3.05) is 26.4 Å². The SMILES string of the molecule is CC(=O)N[C@@H]1[C@@H](O)CC(O)(C(=O)O)O[C@H]1C(O)C(O)CO.CC(=O)N[C@H]1C(O)O[C@H](CO)[C@@H](O)[C@@H]1O.CC(O)C(O)C(O)C(O)C=O.O=CC(O)C(O)C(O)C(O)CO.O=CC(O)C(O)C(O)C(O)CO. The molecule has 0 bridgehead atoms. The number of rotatable bonds is 21. The van der Waals surface area contributed by atoms with Gasteiger partial charge in [0, 0.05) is 20.3 Å². The van der Waals surface area contributed by atoms with Gasteiger partial charge >= 0.3 is 5.97 Å². The van der Waals surface area contributed by atoms with E-state index in [0.717, 1.165) is 6.92 Å². The number of aliphatic carboxylic acids is 1. The van der Waals surface area contributed by atoms with Crippen molar-refractivity contribution in [2.45, 2.75) is 167 Å². The second-order valence-corrected chi connectivity index (χ2v) is 15.4. The van der Waals surface area contributed by atoms with Crippen molar-refractivity contribution in [3.05, 3.63) is 0 Å². The van der Waals surface area contributed by atoms with Crippen molar-refractivity contribution in [2.24, 2.45) is 0 Å². The first-order chi connectivity index (χ1) is 32.7. The lowest BCUT2D eigenvalue weighted by Gasteiger charge is -2.44. The van der Waals surface area contributed by atoms with E-state index < -0.39 is 191 Å². The van der Waals surface area contributed by atoms with Gasteiger partial charge in [-0.05, 0) is 6.92 Å². The highest BCUT2D eigenvalue weighted by Gasteiger charge is 2.54. The third kappa shape index (κ3) is 24.3. The predicted octanol–water partition coefficient (Wildman–Crippen LogP) is -16.1. The summed E-state index contributed by atoms with van der Waals surface area (Å²) in [4.78, 5) is 62.5. The first-order valence-electron chi connectivity index (χ1n) is 20.6. The predicted molar refractivity (Wildman–Crippen MR) is 222 cm³/mol. The van der Waals surface area contributed by atoms with Crippen LogP contribution in [-0.2, 0) is 38.2 Å². The Kier molecular flexibility index (Phi) is 35.9. The Bertz CT molecular complexity index is 1490. The minimum atomic E-state index is -2.78. The van der Waals surface area contributed by atoms with Crippen molar-refractivity contribution in [3.63, 3.8) is 0 Å². The van der Waals surface area contributed by atoms with E-state index in [1.165, 1.54) is 13.8 Å². The van der Waals surface area contributed by atoms with Crippen LogP contribution in [0.3, 0.4) is 0 Å². The zero-order valence-corrected chi connectivity index (χ0v) is 38.0. The lowest BCUT2D eigenvalue weighted by atomic mass is 9.88. The van der Waals surface area contributed by atoms with Gasteiger partial charge in [0.05, 0.1) is 44.7 Å². The van der Waals surface area contributed by atoms with Gasteiger partial charge in [0.2, 0.25) is 11.8 Å². The monoisotopic (exact) mass is 1050 g/mol. The molecule has 0 aromatic rings. The Morgan fingerprint density at radius 3 is 1.27 bits per heavy atom. The molecule has 34 heteroatoms. The van der Waals surface area contributed by atoms with Gasteiger partial charge in [0.15, 0.2) is 25.1 Å². The summed E-state index contributed by atoms with van der Waals surface area (Å²) in [5.74, 6) is -5.64. The summed E-state index contributed by atoms with van der Waals surface area (Å²) in [6, 6.07) is -2.36. The fraction of sp³-hybridized carbons (Fsp3) is 0.838. The molecule has 2 aliphatic heterocycles. The maximum Gasteiger partial charge on any atom is 0.364 e. The molecule has 71 heavy (non-hydrogen) atoms. The molecule has 2 rings (SSSR count). The Labute approximate surface area is 401 Å². The van der Waals surface area contributed by atoms with E-state index in [9.17, 15) is 64.5 Å². The van der Waals surface area contributed by atoms with Crippen molar-refractivity contribution in [3.8, 4) is 0 Å². The smallest absolute Gasteiger partial charge is 0.364 e. The van der Waals surface area contributed by atoms with Crippen LogP contribution in [0, 0.1) is 0 Å². The van der Waals surface area contributed by atoms with E-state index in [4.69, 9.17) is 96.3 Å². The maximum atomic E-state index is 11.1. The number of aldehydes is 3. The van der Waals surface area contributed by atoms with E-state index in [2.05, 4.69) is 10.6 Å². The average molecular weight is 1050 g/mol. The number of aliphatic hydroxyl groups excluding tert-OH is 22. The summed E-state index contributed by atoms with van der Waals surface area (Å²) in [5, 5.41) is 221. The molecule has 0 spiro atoms. The highest BCUT2D eigenvalue weighted by atomic mass is 16.7. The second kappa shape index (κ2) is 35.6. The van der Waals surface area contributed by atoms with E-state index in [-0.39, 0.29) is 18.9 Å². The van der Waals surface area contributed by atoms with Crippen molar-refractivity contribution >= 4 is 36.6 Å². The van der Waals surface area contributed by atoms with Gasteiger partial charge < -0.3 is 157 Å². The van der Waals surface area contributed by atoms with Crippen LogP contribution in [0.5, 0.6) is 0 Å². The van der Waals surface area contributed by atoms with E-state index in [1.807, 2.05) is 0 Å². The number of ether oxygens (including phenoxy) is 2. The van der Waals surface area contributed by atoms with Crippen LogP contribution in [0.4, 0.5) is 0 Å². The maximum absolute atomic E-state index is 11.1. The molecule has 2 amide bonds. The highest BCUT2D eigenvalue weighted by molar-refractivity contribution is 5.76. The molecule has 2 saturated heterocycles. The molecule has 16 unspecified atom stereocenters. The van der Waals surface area contributed by atoms with Crippen LogP contribution in [0.15, 0.2) is 0 Å². The first kappa shape index (κ1) is 71.7. The molecule has 2 heterocycles. The molecule has 23 atom stereocenters. The molecule has 2 fully saturated rings. The number of amides is 2. The number of carboxylic acid groups (broad SMARTS) is 1. The number of aliphatic hydroxyl groups is 23. The number of carbonyl (C=O) groups is 6. The number of carboxylic acids is 1. The van der Waals surface area contributed by atoms with Crippen molar-refractivity contribution in [1.82, 2.24) is 10.6 Å². The third-order valence-corrected chi connectivity index (χ3v) is 9.65. The molecule has 26 N–H and O–H groups in total. The lowest BCUT2D eigenvalue weighted by molar-refractivity contribution is -0.295. The van der Waals surface area contributed by atoms with Gasteiger partial charge in [-0.25, -0.2) is 4.79 Å². The first-order valence-corrected chi connectivity index (χ1v) is 20.6. The zero-order valence-electron chi connectivity index (χ0n) is 38.0. The quantitative estimate of drug-likeness (QED) is 0.0475. The van der Waals surface area contributed by atoms with Gasteiger partial charge in [0.1, 0.15) is 110 Å². The summed E-state index contributed by atoms with van der Waals surface area (Å²) in [6.07, 6.45) is -32.3. The standard InChI is InChI=1S/C11H19NO9.C8H15NO6.2C6H12O6.C6H12O5/c1-4(14)12-7-5(15)2-11(20,10(18)19)21-9(7)8(17)6(16)3-13;1-3(11)9-5-7(13)6(12)4(2-10)15-8(5)14;2*7-1-3(9)5(11)6(12)4(10)2-8;1-3(8)5(10)6(11)4(9)2-7/h5-9,13,15-17,20H,2-3H2,1H3,(H,12,14)(H,18,19);4-8,10,12-14H,2H2,1H3,(H,9,11);2*1,3-6,8-12H,2H2;2-6,8-11H,1H3/t5-,6?,7+,8?,9+,11?;4-,5-,6-,7-,8?;;;/m01.../s1. The Morgan fingerprint density at radius 1 is 0.592 bits per heavy atom. The topological polar surface area (TPSA) is 630 Å². The Balaban J connectivity index is -0.000000835. The fourth-order valence-electron chi connectivity index (χ4n) is 5.43. The van der Waals surface area contributed by atoms with E-state index >= 15 is 0 Å². The van der Waals surface area contributed by atoms with Gasteiger partial charge in [-0.2, -0.15) is 0 Å². The van der Waals surface area contributed by atoms with Gasteiger partial charge in [-0.1, -0.05) is 0 Å². The third-order valence-electron chi connectivity index (χ3n) is 9.65. The molecular weight excluding hydrogens is 984 g/mol. The molecule has 34 nitrogen and oxygen atoms in total. The van der Waals surface area contributed by atoms with Gasteiger partial charge in [0.25, 0.3) is 5.79 Å². The number of nitrogens with one attached hydrogen (secondary N) is 2. The lowest BCUT2D eigenvalue weighted by Crippen LogP contribution is -2.67. The Morgan fingerprint density at radius 2 is 0.958 bits per heavy atom. The van der Waals surface area contributed by atoms with Crippen molar-refractivity contribution in [1.29, 1.82) is 0 Å². The molecule has 0 aliphatic carbocycles. The Hall–Kier alpha value is -3.58. The van der Waals surface area contributed by atoms with Crippen molar-refractivity contribution < 1.29 is 161 Å². The van der Waals surface area contributed by atoms with Crippen LogP contribution in [-0.4, -0.2) is 326 Å². The van der Waals surface area contributed by atoms with Crippen LogP contribution in [0.1, 0.15) is 27.2 Å². The molecule has 0 aromatic heterocycles. The minimum absolute atomic E-state index is 0.0258. The van der Waals surface area contributed by atoms with Gasteiger partial charge in [-0.3, -0.25) is 9.59 Å². The summed E-state index contributed by atoms with van der Waals surface area (Å²) < 4.78 is 9.68. The number of hydrogen-bond donors (Lipinski definition) is 26. The fourth-order valence-corrected chi connectivity index (χ4v) is 5.43. The minimum Gasteiger partial charge on any atom is -0.477 e. The van der Waals surface area contributed by atoms with Crippen LogP contribution in [0.25, 0.3) is 0 Å². The van der Waals surface area contributed by atoms with Crippen LogP contribution in [0.2, 0.25) is 0 Å². The second-order valence-electron chi connectivity index (χ2n) is 15.4. The highest BCUT2D eigenvalue weighted by Crippen LogP contribution is 2.30. The molecule has 420 valence electrons. The summed E-state index contributed by atoms with van der Waals surface area (Å²) >= 11 is 0. The summed E-state index contributed by atoms with van der Waals surface area (Å²) in [7, 11) is 0. The molecule has 0 radical (unpaired) electrons. The number of hydrogen-bond acceptors (Lipinski definition) is 31. The van der Waals surface area contributed by atoms with Crippen LogP contribution >= 0.6 is 0 Å². The van der Waals surface area contributed by atoms with Crippen LogP contribution < -0.4 is 10.6 Å². The summed E-state index contributed by atoms with van der Waals surface area (Å²) in [5.41, 5.74) is 0. The van der Waals surface area contributed by atoms with E-state index in [1.54, 1.807) is 0 Å². The average Bonchev–Trinajstić information content (AvgIpc) is 3.34. The van der Waals surface area contributed by atoms with Gasteiger partial charge in [-0.15, -0.1) is 0 Å². The normalized spacial score (nSPS) is 29.8. The van der Waals surface area contributed by atoms with E-state index in [0.29, 0.717) is 0 Å². The molecule has 0 aromatic carbocycles. The molecule has 0 saturated carbocycles.